The molecule has 1 N–H and O–H groups in total. The third kappa shape index (κ3) is 5.58. The summed E-state index contributed by atoms with van der Waals surface area (Å²) in [5.74, 6) is 0.876. The first kappa shape index (κ1) is 19.5. The Morgan fingerprint density at radius 1 is 1.16 bits per heavy atom. The molecule has 1 aromatic rings. The van der Waals surface area contributed by atoms with Gasteiger partial charge in [0.15, 0.2) is 11.5 Å². The number of nitrogens with zero attached hydrogens (tertiary/aromatic N) is 2. The third-order valence-corrected chi connectivity index (χ3v) is 5.27. The SMILES string of the molecule is CC(=O)N(CCCN(C)C)CCNS(=O)(=O)c1ccc2c(c1)OCO2. The minimum Gasteiger partial charge on any atom is -0.454 e. The van der Waals surface area contributed by atoms with Crippen LogP contribution >= 0.6 is 0 Å². The zero-order valence-electron chi connectivity index (χ0n) is 14.8. The fourth-order valence-electron chi connectivity index (χ4n) is 2.45. The second-order valence-corrected chi connectivity index (χ2v) is 7.84. The molecule has 0 radical (unpaired) electrons. The van der Waals surface area contributed by atoms with Gasteiger partial charge in [-0.15, -0.1) is 0 Å². The lowest BCUT2D eigenvalue weighted by molar-refractivity contribution is -0.128. The average molecular weight is 371 g/mol. The molecule has 8 nitrogen and oxygen atoms in total. The number of fused-ring (bicyclic) bond motifs is 1. The van der Waals surface area contributed by atoms with E-state index in [-0.39, 0.29) is 24.1 Å². The van der Waals surface area contributed by atoms with Crippen molar-refractivity contribution in [1.82, 2.24) is 14.5 Å². The Morgan fingerprint density at radius 3 is 2.56 bits per heavy atom. The van der Waals surface area contributed by atoms with E-state index in [0.29, 0.717) is 24.6 Å². The van der Waals surface area contributed by atoms with Gasteiger partial charge in [0.2, 0.25) is 22.7 Å². The maximum Gasteiger partial charge on any atom is 0.240 e. The largest absolute Gasteiger partial charge is 0.454 e. The molecule has 0 bridgehead atoms. The summed E-state index contributed by atoms with van der Waals surface area (Å²) in [4.78, 5) is 15.5. The average Bonchev–Trinajstić information content (AvgIpc) is 3.00. The molecule has 0 atom stereocenters. The fourth-order valence-corrected chi connectivity index (χ4v) is 3.48. The fraction of sp³-hybridized carbons (Fsp3) is 0.562. The van der Waals surface area contributed by atoms with Crippen molar-refractivity contribution in [3.05, 3.63) is 18.2 Å². The van der Waals surface area contributed by atoms with E-state index in [1.807, 2.05) is 19.0 Å². The van der Waals surface area contributed by atoms with Crippen LogP contribution in [0.4, 0.5) is 0 Å². The van der Waals surface area contributed by atoms with Crippen LogP contribution in [0.3, 0.4) is 0 Å². The van der Waals surface area contributed by atoms with E-state index in [0.717, 1.165) is 13.0 Å². The summed E-state index contributed by atoms with van der Waals surface area (Å²) in [6, 6.07) is 4.47. The number of carbonyl (C=O) groups is 1. The van der Waals surface area contributed by atoms with E-state index in [1.165, 1.54) is 19.1 Å². The van der Waals surface area contributed by atoms with Gasteiger partial charge in [-0.05, 0) is 39.2 Å². The van der Waals surface area contributed by atoms with Crippen molar-refractivity contribution in [1.29, 1.82) is 0 Å². The summed E-state index contributed by atoms with van der Waals surface area (Å²) >= 11 is 0. The van der Waals surface area contributed by atoms with Gasteiger partial charge in [0, 0.05) is 32.6 Å². The van der Waals surface area contributed by atoms with Crippen LogP contribution in [0.2, 0.25) is 0 Å². The Balaban J connectivity index is 1.89. The summed E-state index contributed by atoms with van der Waals surface area (Å²) in [6.07, 6.45) is 0.835. The van der Waals surface area contributed by atoms with Gasteiger partial charge in [-0.1, -0.05) is 0 Å². The molecule has 0 saturated heterocycles. The second kappa shape index (κ2) is 8.50. The molecule has 0 fully saturated rings. The minimum absolute atomic E-state index is 0.0685. The van der Waals surface area contributed by atoms with E-state index in [2.05, 4.69) is 4.72 Å². The van der Waals surface area contributed by atoms with Crippen LogP contribution in [0.1, 0.15) is 13.3 Å². The standard InChI is InChI=1S/C16H25N3O5S/c1-13(20)19(9-4-8-18(2)3)10-7-17-25(21,22)14-5-6-15-16(11-14)24-12-23-15/h5-6,11,17H,4,7-10,12H2,1-3H3. The highest BCUT2D eigenvalue weighted by molar-refractivity contribution is 7.89. The smallest absolute Gasteiger partial charge is 0.240 e. The van der Waals surface area contributed by atoms with Crippen LogP contribution < -0.4 is 14.2 Å². The first-order valence-corrected chi connectivity index (χ1v) is 9.57. The van der Waals surface area contributed by atoms with Gasteiger partial charge in [0.05, 0.1) is 4.90 Å². The Kier molecular flexibility index (Phi) is 6.63. The Morgan fingerprint density at radius 2 is 1.88 bits per heavy atom. The first-order chi connectivity index (χ1) is 11.8. The number of benzene rings is 1. The molecule has 0 spiro atoms. The molecule has 1 amide bonds. The number of sulfonamides is 1. The number of nitrogens with one attached hydrogen (secondary N) is 1. The molecule has 0 saturated carbocycles. The molecule has 1 aromatic carbocycles. The van der Waals surface area contributed by atoms with Gasteiger partial charge in [-0.2, -0.15) is 0 Å². The van der Waals surface area contributed by atoms with Crippen LogP contribution in [0, 0.1) is 0 Å². The van der Waals surface area contributed by atoms with Crippen LogP contribution in [0.5, 0.6) is 11.5 Å². The summed E-state index contributed by atoms with van der Waals surface area (Å²) in [5, 5.41) is 0. The highest BCUT2D eigenvalue weighted by Crippen LogP contribution is 2.33. The van der Waals surface area contributed by atoms with Gasteiger partial charge >= 0.3 is 0 Å². The molecule has 9 heteroatoms. The van der Waals surface area contributed by atoms with E-state index >= 15 is 0 Å². The van der Waals surface area contributed by atoms with E-state index in [1.54, 1.807) is 11.0 Å². The third-order valence-electron chi connectivity index (χ3n) is 3.81. The van der Waals surface area contributed by atoms with Crippen molar-refractivity contribution in [2.75, 3.05) is 47.1 Å². The van der Waals surface area contributed by atoms with Crippen molar-refractivity contribution in [3.63, 3.8) is 0 Å². The van der Waals surface area contributed by atoms with E-state index < -0.39 is 10.0 Å². The molecule has 1 aliphatic heterocycles. The summed E-state index contributed by atoms with van der Waals surface area (Å²) in [7, 11) is 0.271. The molecule has 25 heavy (non-hydrogen) atoms. The molecule has 0 aliphatic carbocycles. The predicted octanol–water partition coefficient (Wildman–Crippen LogP) is 0.494. The minimum atomic E-state index is -3.67. The molecule has 1 heterocycles. The van der Waals surface area contributed by atoms with Crippen molar-refractivity contribution < 1.29 is 22.7 Å². The Labute approximate surface area is 148 Å². The Bertz CT molecular complexity index is 706. The highest BCUT2D eigenvalue weighted by atomic mass is 32.2. The van der Waals surface area contributed by atoms with Gasteiger partial charge in [-0.3, -0.25) is 4.79 Å². The van der Waals surface area contributed by atoms with Gasteiger partial charge in [0.25, 0.3) is 0 Å². The highest BCUT2D eigenvalue weighted by Gasteiger charge is 2.20. The number of hydrogen-bond donors (Lipinski definition) is 1. The molecule has 140 valence electrons. The second-order valence-electron chi connectivity index (χ2n) is 6.08. The normalized spacial score (nSPS) is 13.3. The number of hydrogen-bond acceptors (Lipinski definition) is 6. The molecule has 1 aliphatic rings. The van der Waals surface area contributed by atoms with Crippen LogP contribution in [0.15, 0.2) is 23.1 Å². The summed E-state index contributed by atoms with van der Waals surface area (Å²) in [6.45, 7) is 3.52. The molecular weight excluding hydrogens is 346 g/mol. The number of amides is 1. The summed E-state index contributed by atoms with van der Waals surface area (Å²) < 4.78 is 37.6. The van der Waals surface area contributed by atoms with Crippen molar-refractivity contribution in [3.8, 4) is 11.5 Å². The van der Waals surface area contributed by atoms with E-state index in [9.17, 15) is 13.2 Å². The number of ether oxygens (including phenoxy) is 2. The zero-order valence-corrected chi connectivity index (χ0v) is 15.6. The monoisotopic (exact) mass is 371 g/mol. The van der Waals surface area contributed by atoms with Crippen molar-refractivity contribution in [2.45, 2.75) is 18.2 Å². The lowest BCUT2D eigenvalue weighted by Gasteiger charge is -2.22. The quantitative estimate of drug-likeness (QED) is 0.680. The zero-order chi connectivity index (χ0) is 18.4. The van der Waals surface area contributed by atoms with Gasteiger partial charge < -0.3 is 19.3 Å². The Hall–Kier alpha value is -1.84. The maximum absolute atomic E-state index is 12.4. The lowest BCUT2D eigenvalue weighted by Crippen LogP contribution is -2.38. The molecule has 0 unspecified atom stereocenters. The number of carbonyl (C=O) groups excluding carboxylic acids is 1. The van der Waals surface area contributed by atoms with Crippen LogP contribution in [-0.2, 0) is 14.8 Å². The number of rotatable bonds is 9. The van der Waals surface area contributed by atoms with Crippen molar-refractivity contribution >= 4 is 15.9 Å². The molecule has 0 aromatic heterocycles. The summed E-state index contributed by atoms with van der Waals surface area (Å²) in [5.41, 5.74) is 0. The molecule has 2 rings (SSSR count). The predicted molar refractivity (Wildman–Crippen MR) is 93.2 cm³/mol. The topological polar surface area (TPSA) is 88.2 Å². The maximum atomic E-state index is 12.4. The van der Waals surface area contributed by atoms with Crippen LogP contribution in [-0.4, -0.2) is 71.2 Å². The van der Waals surface area contributed by atoms with Gasteiger partial charge in [-0.25, -0.2) is 13.1 Å². The van der Waals surface area contributed by atoms with Crippen molar-refractivity contribution in [2.24, 2.45) is 0 Å². The lowest BCUT2D eigenvalue weighted by atomic mass is 10.3. The van der Waals surface area contributed by atoms with E-state index in [4.69, 9.17) is 9.47 Å². The van der Waals surface area contributed by atoms with Crippen LogP contribution in [0.25, 0.3) is 0 Å². The first-order valence-electron chi connectivity index (χ1n) is 8.09. The molecular formula is C16H25N3O5S. The van der Waals surface area contributed by atoms with Gasteiger partial charge in [0.1, 0.15) is 0 Å².